The Morgan fingerprint density at radius 1 is 1.48 bits per heavy atom. The summed E-state index contributed by atoms with van der Waals surface area (Å²) in [6.07, 6.45) is 0.922. The van der Waals surface area contributed by atoms with Crippen LogP contribution in [0.1, 0.15) is 35.4 Å². The SMILES string of the molecule is CCOC(=O)c1nn(C2CCOC2)c2c1CSc1ccccc1-2. The molecule has 0 radical (unpaired) electrons. The molecule has 1 unspecified atom stereocenters. The zero-order chi connectivity index (χ0) is 15.8. The maximum Gasteiger partial charge on any atom is 0.359 e. The van der Waals surface area contributed by atoms with Crippen molar-refractivity contribution < 1.29 is 14.3 Å². The second kappa shape index (κ2) is 6.02. The van der Waals surface area contributed by atoms with Gasteiger partial charge in [-0.15, -0.1) is 11.8 Å². The predicted octanol–water partition coefficient (Wildman–Crippen LogP) is 3.29. The van der Waals surface area contributed by atoms with Crippen LogP contribution in [0.3, 0.4) is 0 Å². The van der Waals surface area contributed by atoms with Crippen molar-refractivity contribution in [3.8, 4) is 11.3 Å². The third kappa shape index (κ3) is 2.46. The molecular weight excluding hydrogens is 312 g/mol. The van der Waals surface area contributed by atoms with Gasteiger partial charge in [-0.2, -0.15) is 5.10 Å². The molecule has 23 heavy (non-hydrogen) atoms. The van der Waals surface area contributed by atoms with E-state index in [2.05, 4.69) is 17.2 Å². The lowest BCUT2D eigenvalue weighted by Crippen LogP contribution is -2.13. The van der Waals surface area contributed by atoms with E-state index in [0.717, 1.165) is 35.6 Å². The largest absolute Gasteiger partial charge is 0.461 e. The van der Waals surface area contributed by atoms with E-state index in [-0.39, 0.29) is 12.0 Å². The van der Waals surface area contributed by atoms with E-state index in [1.807, 2.05) is 23.7 Å². The lowest BCUT2D eigenvalue weighted by atomic mass is 10.0. The summed E-state index contributed by atoms with van der Waals surface area (Å²) in [6, 6.07) is 8.48. The molecular formula is C17H18N2O3S. The van der Waals surface area contributed by atoms with Gasteiger partial charge in [0.1, 0.15) is 0 Å². The van der Waals surface area contributed by atoms with Crippen molar-refractivity contribution in [1.29, 1.82) is 0 Å². The van der Waals surface area contributed by atoms with Gasteiger partial charge in [0.05, 0.1) is 24.9 Å². The molecule has 0 aliphatic carbocycles. The van der Waals surface area contributed by atoms with Gasteiger partial charge in [0.25, 0.3) is 0 Å². The second-order valence-electron chi connectivity index (χ2n) is 5.64. The van der Waals surface area contributed by atoms with Gasteiger partial charge >= 0.3 is 5.97 Å². The van der Waals surface area contributed by atoms with E-state index in [1.54, 1.807) is 11.8 Å². The van der Waals surface area contributed by atoms with Gasteiger partial charge < -0.3 is 9.47 Å². The summed E-state index contributed by atoms with van der Waals surface area (Å²) in [7, 11) is 0. The monoisotopic (exact) mass is 330 g/mol. The van der Waals surface area contributed by atoms with Crippen LogP contribution < -0.4 is 0 Å². The van der Waals surface area contributed by atoms with E-state index in [9.17, 15) is 4.79 Å². The summed E-state index contributed by atoms with van der Waals surface area (Å²) in [5.74, 6) is 0.412. The van der Waals surface area contributed by atoms with Crippen molar-refractivity contribution in [2.75, 3.05) is 19.8 Å². The molecule has 0 bridgehead atoms. The van der Waals surface area contributed by atoms with E-state index < -0.39 is 0 Å². The lowest BCUT2D eigenvalue weighted by molar-refractivity contribution is 0.0517. The van der Waals surface area contributed by atoms with Crippen LogP contribution in [0.2, 0.25) is 0 Å². The van der Waals surface area contributed by atoms with Crippen LogP contribution >= 0.6 is 11.8 Å². The minimum Gasteiger partial charge on any atom is -0.461 e. The summed E-state index contributed by atoms with van der Waals surface area (Å²) in [5.41, 5.74) is 3.64. The first kappa shape index (κ1) is 14.8. The minimum absolute atomic E-state index is 0.183. The molecule has 2 aromatic rings. The molecule has 0 amide bonds. The zero-order valence-electron chi connectivity index (χ0n) is 12.9. The summed E-state index contributed by atoms with van der Waals surface area (Å²) in [5, 5.41) is 4.64. The molecule has 5 nitrogen and oxygen atoms in total. The molecule has 0 N–H and O–H groups in total. The Labute approximate surface area is 139 Å². The van der Waals surface area contributed by atoms with Crippen LogP contribution in [0.25, 0.3) is 11.3 Å². The van der Waals surface area contributed by atoms with Crippen molar-refractivity contribution in [2.45, 2.75) is 30.0 Å². The van der Waals surface area contributed by atoms with Crippen LogP contribution in [0, 0.1) is 0 Å². The Morgan fingerprint density at radius 2 is 2.35 bits per heavy atom. The highest BCUT2D eigenvalue weighted by Crippen LogP contribution is 2.44. The van der Waals surface area contributed by atoms with Crippen LogP contribution in [-0.2, 0) is 15.2 Å². The fourth-order valence-corrected chi connectivity index (χ4v) is 4.24. The smallest absolute Gasteiger partial charge is 0.359 e. The molecule has 1 aromatic heterocycles. The van der Waals surface area contributed by atoms with Crippen LogP contribution in [-0.4, -0.2) is 35.6 Å². The average molecular weight is 330 g/mol. The average Bonchev–Trinajstić information content (AvgIpc) is 3.22. The van der Waals surface area contributed by atoms with Crippen molar-refractivity contribution in [2.24, 2.45) is 0 Å². The Morgan fingerprint density at radius 3 is 3.13 bits per heavy atom. The first-order chi connectivity index (χ1) is 11.3. The van der Waals surface area contributed by atoms with Crippen LogP contribution in [0.4, 0.5) is 0 Å². The van der Waals surface area contributed by atoms with Gasteiger partial charge in [0.15, 0.2) is 5.69 Å². The molecule has 1 aromatic carbocycles. The molecule has 0 saturated carbocycles. The van der Waals surface area contributed by atoms with Gasteiger partial charge in [-0.3, -0.25) is 4.68 Å². The summed E-state index contributed by atoms with van der Waals surface area (Å²) in [6.45, 7) is 3.56. The van der Waals surface area contributed by atoms with Crippen molar-refractivity contribution in [1.82, 2.24) is 9.78 Å². The molecule has 3 heterocycles. The van der Waals surface area contributed by atoms with Gasteiger partial charge in [-0.1, -0.05) is 18.2 Å². The molecule has 1 saturated heterocycles. The highest BCUT2D eigenvalue weighted by molar-refractivity contribution is 7.98. The third-order valence-electron chi connectivity index (χ3n) is 4.24. The second-order valence-corrected chi connectivity index (χ2v) is 6.66. The highest BCUT2D eigenvalue weighted by atomic mass is 32.2. The third-order valence-corrected chi connectivity index (χ3v) is 5.34. The van der Waals surface area contributed by atoms with Crippen molar-refractivity contribution in [3.05, 3.63) is 35.5 Å². The number of nitrogens with zero attached hydrogens (tertiary/aromatic N) is 2. The first-order valence-electron chi connectivity index (χ1n) is 7.88. The van der Waals surface area contributed by atoms with E-state index in [0.29, 0.717) is 18.9 Å². The molecule has 120 valence electrons. The van der Waals surface area contributed by atoms with Gasteiger partial charge in [0.2, 0.25) is 0 Å². The first-order valence-corrected chi connectivity index (χ1v) is 8.86. The Bertz CT molecular complexity index is 750. The van der Waals surface area contributed by atoms with Crippen LogP contribution in [0.15, 0.2) is 29.2 Å². The number of hydrogen-bond acceptors (Lipinski definition) is 5. The summed E-state index contributed by atoms with van der Waals surface area (Å²) in [4.78, 5) is 13.6. The fourth-order valence-electron chi connectivity index (χ4n) is 3.17. The summed E-state index contributed by atoms with van der Waals surface area (Å²) >= 11 is 1.74. The number of esters is 1. The number of rotatable bonds is 3. The van der Waals surface area contributed by atoms with Gasteiger partial charge in [-0.05, 0) is 19.4 Å². The Balaban J connectivity index is 1.88. The zero-order valence-corrected chi connectivity index (χ0v) is 13.8. The van der Waals surface area contributed by atoms with E-state index in [1.165, 1.54) is 4.90 Å². The van der Waals surface area contributed by atoms with Gasteiger partial charge in [-0.25, -0.2) is 4.79 Å². The lowest BCUT2D eigenvalue weighted by Gasteiger charge is -2.20. The maximum atomic E-state index is 12.3. The highest BCUT2D eigenvalue weighted by Gasteiger charge is 2.32. The molecule has 6 heteroatoms. The molecule has 0 spiro atoms. The number of benzene rings is 1. The Hall–Kier alpha value is -1.79. The quantitative estimate of drug-likeness (QED) is 0.808. The number of ether oxygens (including phenoxy) is 2. The molecule has 4 rings (SSSR count). The molecule has 2 aliphatic heterocycles. The topological polar surface area (TPSA) is 53.3 Å². The molecule has 1 fully saturated rings. The number of carbonyl (C=O) groups is 1. The van der Waals surface area contributed by atoms with E-state index in [4.69, 9.17) is 9.47 Å². The number of hydrogen-bond donors (Lipinski definition) is 0. The fraction of sp³-hybridized carbons (Fsp3) is 0.412. The molecule has 1 atom stereocenters. The normalized spacial score (nSPS) is 19.3. The van der Waals surface area contributed by atoms with Gasteiger partial charge in [0, 0.05) is 28.4 Å². The number of carbonyl (C=O) groups excluding carboxylic acids is 1. The summed E-state index contributed by atoms with van der Waals surface area (Å²) < 4.78 is 12.7. The predicted molar refractivity (Wildman–Crippen MR) is 87.7 cm³/mol. The van der Waals surface area contributed by atoms with Crippen molar-refractivity contribution in [3.63, 3.8) is 0 Å². The molecule has 2 aliphatic rings. The Kier molecular flexibility index (Phi) is 3.87. The van der Waals surface area contributed by atoms with Crippen molar-refractivity contribution >= 4 is 17.7 Å². The minimum atomic E-state index is -0.332. The number of fused-ring (bicyclic) bond motifs is 3. The standard InChI is InChI=1S/C17H18N2O3S/c1-2-22-17(20)15-13-10-23-14-6-4-3-5-12(14)16(13)19(18-15)11-7-8-21-9-11/h3-6,11H,2,7-10H2,1H3. The number of thioether (sulfide) groups is 1. The number of aromatic nitrogens is 2. The van der Waals surface area contributed by atoms with Crippen LogP contribution in [0.5, 0.6) is 0 Å². The maximum absolute atomic E-state index is 12.3. The van der Waals surface area contributed by atoms with E-state index >= 15 is 0 Å².